The van der Waals surface area contributed by atoms with Crippen molar-refractivity contribution in [3.8, 4) is 0 Å². The molecule has 0 aromatic carbocycles. The zero-order chi connectivity index (χ0) is 4.50. The molecule has 0 saturated heterocycles. The first-order valence-electron chi connectivity index (χ1n) is 0.783. The van der Waals surface area contributed by atoms with Crippen LogP contribution in [0.5, 0.6) is 0 Å². The van der Waals surface area contributed by atoms with Crippen molar-refractivity contribution in [1.29, 1.82) is 0 Å². The molecule has 1 radical (unpaired) electrons. The minimum absolute atomic E-state index is 0. The molecule has 0 amide bonds. The zero-order valence-corrected chi connectivity index (χ0v) is 8.28. The predicted molar refractivity (Wildman–Crippen MR) is 14.3 cm³/mol. The monoisotopic (exact) mass is 333 g/mol. The fourth-order valence-corrected chi connectivity index (χ4v) is 0. The molecule has 0 unspecified atom stereocenters. The van der Waals surface area contributed by atoms with Crippen LogP contribution in [0.2, 0.25) is 0 Å². The summed E-state index contributed by atoms with van der Waals surface area (Å²) in [5, 5.41) is 0. The molecule has 7 heavy (non-hydrogen) atoms. The van der Waals surface area contributed by atoms with Gasteiger partial charge in [0.25, 0.3) is 0 Å². The molecule has 0 aliphatic carbocycles. The molecule has 0 saturated carbocycles. The van der Waals surface area contributed by atoms with Crippen molar-refractivity contribution in [2.75, 3.05) is 0 Å². The first-order chi connectivity index (χ1) is 2.00. The van der Waals surface area contributed by atoms with Crippen molar-refractivity contribution in [1.82, 2.24) is 0 Å². The predicted octanol–water partition coefficient (Wildman–Crippen LogP) is -0.934. The molecule has 0 rings (SSSR count). The van der Waals surface area contributed by atoms with E-state index in [1.54, 1.807) is 0 Å². The van der Waals surface area contributed by atoms with Crippen LogP contribution in [-0.2, 0) is 44.2 Å². The van der Waals surface area contributed by atoms with Crippen LogP contribution in [0.1, 0.15) is 0 Å². The van der Waals surface area contributed by atoms with Gasteiger partial charge in [-0.2, -0.15) is 0 Å². The number of phosphoric acid groups is 1. The smallest absolute Gasteiger partial charge is 0.303 e. The van der Waals surface area contributed by atoms with E-state index < -0.39 is 7.82 Å². The Labute approximate surface area is 66.7 Å². The molecule has 7 heteroatoms. The summed E-state index contributed by atoms with van der Waals surface area (Å²) >= 11 is 0. The Bertz CT molecular complexity index is 57.8. The first kappa shape index (κ1) is 15.8. The van der Waals surface area contributed by atoms with Crippen LogP contribution in [-0.4, -0.2) is 14.7 Å². The van der Waals surface area contributed by atoms with Gasteiger partial charge in [-0.25, -0.2) is 4.57 Å². The van der Waals surface area contributed by atoms with Gasteiger partial charge in [0.1, 0.15) is 0 Å². The van der Waals surface area contributed by atoms with Crippen molar-refractivity contribution in [3.05, 3.63) is 0 Å². The van der Waals surface area contributed by atoms with E-state index in [1.807, 2.05) is 0 Å². The molecule has 0 bridgehead atoms. The van der Waals surface area contributed by atoms with Gasteiger partial charge < -0.3 is 14.7 Å². The standard InChI is InChI=1S/H3O4P.V.W/c1-5(2,3)4;;/h(H3,1,2,3,4);;. The molecule has 0 aliphatic heterocycles. The van der Waals surface area contributed by atoms with Crippen LogP contribution in [0.25, 0.3) is 0 Å². The Morgan fingerprint density at radius 1 is 1.14 bits per heavy atom. The van der Waals surface area contributed by atoms with Gasteiger partial charge in [0.15, 0.2) is 0 Å². The third-order valence-corrected chi connectivity index (χ3v) is 0. The van der Waals surface area contributed by atoms with Gasteiger partial charge in [-0.1, -0.05) is 0 Å². The second-order valence-corrected chi connectivity index (χ2v) is 1.54. The third kappa shape index (κ3) is 112. The van der Waals surface area contributed by atoms with Gasteiger partial charge in [-0.05, 0) is 0 Å². The van der Waals surface area contributed by atoms with E-state index in [-0.39, 0.29) is 39.6 Å². The van der Waals surface area contributed by atoms with E-state index in [4.69, 9.17) is 19.2 Å². The summed E-state index contributed by atoms with van der Waals surface area (Å²) in [5.74, 6) is 0. The van der Waals surface area contributed by atoms with E-state index >= 15 is 0 Å². The molecule has 4 nitrogen and oxygen atoms in total. The average Bonchev–Trinajstić information content (AvgIpc) is 0.722. The molecule has 0 aromatic rings. The van der Waals surface area contributed by atoms with Gasteiger partial charge in [0, 0.05) is 39.6 Å². The minimum atomic E-state index is -4.64. The van der Waals surface area contributed by atoms with Crippen LogP contribution in [0, 0.1) is 0 Å². The zero-order valence-electron chi connectivity index (χ0n) is 3.05. The fraction of sp³-hybridized carbons (Fsp3) is 0. The van der Waals surface area contributed by atoms with E-state index in [9.17, 15) is 0 Å². The topological polar surface area (TPSA) is 77.8 Å². The summed E-state index contributed by atoms with van der Waals surface area (Å²) in [6, 6.07) is 0. The normalized spacial score (nSPS) is 8.43. The van der Waals surface area contributed by atoms with Crippen molar-refractivity contribution < 1.29 is 58.9 Å². The summed E-state index contributed by atoms with van der Waals surface area (Å²) in [6.07, 6.45) is 0. The van der Waals surface area contributed by atoms with Gasteiger partial charge in [0.05, 0.1) is 0 Å². The van der Waals surface area contributed by atoms with Crippen LogP contribution in [0.4, 0.5) is 0 Å². The molecule has 0 spiro atoms. The van der Waals surface area contributed by atoms with E-state index in [0.29, 0.717) is 0 Å². The van der Waals surface area contributed by atoms with Crippen LogP contribution in [0.3, 0.4) is 0 Å². The van der Waals surface area contributed by atoms with E-state index in [1.165, 1.54) is 0 Å². The molecule has 0 heterocycles. The summed E-state index contributed by atoms with van der Waals surface area (Å²) in [7, 11) is -4.64. The minimum Gasteiger partial charge on any atom is -0.303 e. The molecular formula is H3O4PVW. The average molecular weight is 333 g/mol. The summed E-state index contributed by atoms with van der Waals surface area (Å²) in [5.41, 5.74) is 0. The van der Waals surface area contributed by atoms with Gasteiger partial charge in [-0.15, -0.1) is 0 Å². The number of hydrogen-bond acceptors (Lipinski definition) is 1. The Balaban J connectivity index is -0.0000000800. The Hall–Kier alpha value is 1.38. The first-order valence-corrected chi connectivity index (χ1v) is 2.35. The molecule has 43 valence electrons. The number of rotatable bonds is 0. The Morgan fingerprint density at radius 2 is 1.14 bits per heavy atom. The Morgan fingerprint density at radius 3 is 1.14 bits per heavy atom. The Kier molecular flexibility index (Phi) is 12.4. The quantitative estimate of drug-likeness (QED) is 0.501. The maximum absolute atomic E-state index is 8.88. The number of hydrogen-bond donors (Lipinski definition) is 3. The third-order valence-electron chi connectivity index (χ3n) is 0. The van der Waals surface area contributed by atoms with Gasteiger partial charge in [0.2, 0.25) is 0 Å². The SMILES string of the molecule is O=P(O)(O)O.[V].[W]. The molecule has 0 aromatic heterocycles. The summed E-state index contributed by atoms with van der Waals surface area (Å²) < 4.78 is 8.88. The molecule has 3 N–H and O–H groups in total. The summed E-state index contributed by atoms with van der Waals surface area (Å²) in [4.78, 5) is 21.6. The van der Waals surface area contributed by atoms with Gasteiger partial charge >= 0.3 is 7.82 Å². The fourth-order valence-electron chi connectivity index (χ4n) is 0. The second kappa shape index (κ2) is 5.52. The second-order valence-electron chi connectivity index (χ2n) is 0.513. The van der Waals surface area contributed by atoms with E-state index in [2.05, 4.69) is 0 Å². The molecule has 0 aliphatic rings. The molecule has 0 atom stereocenters. The van der Waals surface area contributed by atoms with Crippen molar-refractivity contribution >= 4 is 7.82 Å². The maximum Gasteiger partial charge on any atom is 0.466 e. The largest absolute Gasteiger partial charge is 0.466 e. The van der Waals surface area contributed by atoms with Crippen molar-refractivity contribution in [2.45, 2.75) is 0 Å². The van der Waals surface area contributed by atoms with Crippen molar-refractivity contribution in [3.63, 3.8) is 0 Å². The summed E-state index contributed by atoms with van der Waals surface area (Å²) in [6.45, 7) is 0. The van der Waals surface area contributed by atoms with E-state index in [0.717, 1.165) is 0 Å². The van der Waals surface area contributed by atoms with Crippen LogP contribution in [0.15, 0.2) is 0 Å². The van der Waals surface area contributed by atoms with Crippen LogP contribution >= 0.6 is 7.82 Å². The molecular weight excluding hydrogens is 330 g/mol. The van der Waals surface area contributed by atoms with Crippen molar-refractivity contribution in [2.24, 2.45) is 0 Å². The molecule has 0 fully saturated rings. The maximum atomic E-state index is 8.88. The van der Waals surface area contributed by atoms with Crippen LogP contribution < -0.4 is 0 Å². The van der Waals surface area contributed by atoms with Gasteiger partial charge in [-0.3, -0.25) is 0 Å².